The van der Waals surface area contributed by atoms with Crippen molar-refractivity contribution in [3.63, 3.8) is 0 Å². The van der Waals surface area contributed by atoms with Crippen molar-refractivity contribution in [2.45, 2.75) is 9.79 Å². The van der Waals surface area contributed by atoms with Crippen LogP contribution in [0.2, 0.25) is 0 Å². The lowest BCUT2D eigenvalue weighted by Crippen LogP contribution is -1.95. The molecule has 20 heavy (non-hydrogen) atoms. The van der Waals surface area contributed by atoms with Gasteiger partial charge in [-0.25, -0.2) is 0 Å². The summed E-state index contributed by atoms with van der Waals surface area (Å²) < 4.78 is 15.9. The van der Waals surface area contributed by atoms with E-state index >= 15 is 0 Å². The Hall–Kier alpha value is -2.01. The number of benzene rings is 2. The molecule has 0 saturated carbocycles. The highest BCUT2D eigenvalue weighted by Crippen LogP contribution is 2.42. The lowest BCUT2D eigenvalue weighted by Gasteiger charge is -2.13. The van der Waals surface area contributed by atoms with Gasteiger partial charge in [0.25, 0.3) is 0 Å². The lowest BCUT2D eigenvalue weighted by atomic mass is 10.3. The first-order chi connectivity index (χ1) is 9.69. The average Bonchev–Trinajstić information content (AvgIpc) is 2.49. The zero-order chi connectivity index (χ0) is 14.5. The molecule has 0 radical (unpaired) electrons. The van der Waals surface area contributed by atoms with Crippen molar-refractivity contribution in [2.24, 2.45) is 0 Å². The molecule has 2 aromatic carbocycles. The summed E-state index contributed by atoms with van der Waals surface area (Å²) in [5.74, 6) is 2.08. The smallest absolute Gasteiger partial charge is 0.162 e. The maximum atomic E-state index is 6.06. The van der Waals surface area contributed by atoms with Crippen LogP contribution in [0.1, 0.15) is 0 Å². The van der Waals surface area contributed by atoms with Gasteiger partial charge in [0.05, 0.1) is 26.2 Å². The Balaban J connectivity index is 2.38. The summed E-state index contributed by atoms with van der Waals surface area (Å²) in [5.41, 5.74) is 6.70. The van der Waals surface area contributed by atoms with Crippen molar-refractivity contribution in [1.82, 2.24) is 0 Å². The predicted molar refractivity (Wildman–Crippen MR) is 81.1 cm³/mol. The molecule has 0 saturated heterocycles. The molecule has 2 N–H and O–H groups in total. The van der Waals surface area contributed by atoms with Crippen LogP contribution in [-0.4, -0.2) is 21.3 Å². The molecule has 0 spiro atoms. The van der Waals surface area contributed by atoms with Crippen LogP contribution in [0.3, 0.4) is 0 Å². The van der Waals surface area contributed by atoms with E-state index in [-0.39, 0.29) is 0 Å². The molecule has 2 rings (SSSR count). The van der Waals surface area contributed by atoms with Crippen molar-refractivity contribution < 1.29 is 14.2 Å². The summed E-state index contributed by atoms with van der Waals surface area (Å²) in [4.78, 5) is 1.89. The van der Waals surface area contributed by atoms with Crippen LogP contribution in [0.15, 0.2) is 46.2 Å². The maximum Gasteiger partial charge on any atom is 0.162 e. The fraction of sp³-hybridized carbons (Fsp3) is 0.200. The van der Waals surface area contributed by atoms with Crippen LogP contribution in [-0.2, 0) is 0 Å². The van der Waals surface area contributed by atoms with Crippen molar-refractivity contribution in [3.05, 3.63) is 36.4 Å². The Morgan fingerprint density at radius 1 is 0.800 bits per heavy atom. The summed E-state index contributed by atoms with van der Waals surface area (Å²) in [6, 6.07) is 11.4. The van der Waals surface area contributed by atoms with Crippen LogP contribution in [0.4, 0.5) is 5.69 Å². The molecule has 0 fully saturated rings. The molecule has 0 amide bonds. The van der Waals surface area contributed by atoms with Gasteiger partial charge in [-0.05, 0) is 18.2 Å². The molecular formula is C15H17NO3S. The Morgan fingerprint density at radius 3 is 2.05 bits per heavy atom. The number of anilines is 1. The summed E-state index contributed by atoms with van der Waals surface area (Å²) in [5, 5.41) is 0. The summed E-state index contributed by atoms with van der Waals surface area (Å²) in [6.45, 7) is 0. The average molecular weight is 291 g/mol. The highest BCUT2D eigenvalue weighted by atomic mass is 32.2. The van der Waals surface area contributed by atoms with Crippen LogP contribution in [0.5, 0.6) is 17.2 Å². The molecule has 106 valence electrons. The van der Waals surface area contributed by atoms with Gasteiger partial charge in [0, 0.05) is 16.6 Å². The Labute approximate surface area is 122 Å². The fourth-order valence-corrected chi connectivity index (χ4v) is 2.76. The highest BCUT2D eigenvalue weighted by Gasteiger charge is 2.12. The zero-order valence-electron chi connectivity index (χ0n) is 11.7. The van der Waals surface area contributed by atoms with E-state index in [1.54, 1.807) is 27.4 Å². The number of nitrogens with two attached hydrogens (primary N) is 1. The normalized spacial score (nSPS) is 10.2. The van der Waals surface area contributed by atoms with E-state index in [4.69, 9.17) is 19.9 Å². The van der Waals surface area contributed by atoms with E-state index in [1.807, 2.05) is 30.3 Å². The third-order valence-electron chi connectivity index (χ3n) is 2.80. The first kappa shape index (κ1) is 14.4. The largest absolute Gasteiger partial charge is 0.496 e. The zero-order valence-corrected chi connectivity index (χ0v) is 12.5. The molecule has 0 aromatic heterocycles. The van der Waals surface area contributed by atoms with Gasteiger partial charge in [-0.1, -0.05) is 23.9 Å². The van der Waals surface area contributed by atoms with E-state index in [0.29, 0.717) is 17.2 Å². The van der Waals surface area contributed by atoms with Crippen molar-refractivity contribution in [1.29, 1.82) is 0 Å². The van der Waals surface area contributed by atoms with E-state index in [1.165, 1.54) is 11.8 Å². The second kappa shape index (κ2) is 6.43. The highest BCUT2D eigenvalue weighted by molar-refractivity contribution is 7.99. The van der Waals surface area contributed by atoms with Gasteiger partial charge in [-0.2, -0.15) is 0 Å². The van der Waals surface area contributed by atoms with Gasteiger partial charge in [-0.3, -0.25) is 0 Å². The van der Waals surface area contributed by atoms with Crippen LogP contribution in [0, 0.1) is 0 Å². The minimum absolute atomic E-state index is 0.620. The molecule has 5 heteroatoms. The fourth-order valence-electron chi connectivity index (χ4n) is 1.79. The van der Waals surface area contributed by atoms with Crippen molar-refractivity contribution in [3.8, 4) is 17.2 Å². The summed E-state index contributed by atoms with van der Waals surface area (Å²) >= 11 is 1.53. The standard InChI is InChI=1S/C15H17NO3S/c1-17-11-6-4-5-7-14(11)20-15-9-13(19-3)12(18-2)8-10(15)16/h4-9H,16H2,1-3H3. The molecule has 0 aliphatic carbocycles. The Bertz CT molecular complexity index is 602. The van der Waals surface area contributed by atoms with E-state index in [0.717, 1.165) is 15.5 Å². The van der Waals surface area contributed by atoms with Crippen LogP contribution < -0.4 is 19.9 Å². The lowest BCUT2D eigenvalue weighted by molar-refractivity contribution is 0.354. The summed E-state index contributed by atoms with van der Waals surface area (Å²) in [6.07, 6.45) is 0. The van der Waals surface area contributed by atoms with Crippen molar-refractivity contribution in [2.75, 3.05) is 27.1 Å². The third kappa shape index (κ3) is 2.93. The number of ether oxygens (including phenoxy) is 3. The second-order valence-electron chi connectivity index (χ2n) is 4.00. The quantitative estimate of drug-likeness (QED) is 0.855. The van der Waals surface area contributed by atoms with Gasteiger partial charge in [-0.15, -0.1) is 0 Å². The molecular weight excluding hydrogens is 274 g/mol. The molecule has 0 heterocycles. The molecule has 0 aliphatic rings. The first-order valence-corrected chi connectivity index (χ1v) is 6.83. The second-order valence-corrected chi connectivity index (χ2v) is 5.08. The maximum absolute atomic E-state index is 6.06. The SMILES string of the molecule is COc1cc(N)c(Sc2ccccc2OC)cc1OC. The van der Waals surface area contributed by atoms with Gasteiger partial charge in [0.2, 0.25) is 0 Å². The molecule has 0 aliphatic heterocycles. The summed E-state index contributed by atoms with van der Waals surface area (Å²) in [7, 11) is 4.84. The third-order valence-corrected chi connectivity index (χ3v) is 3.94. The van der Waals surface area contributed by atoms with Gasteiger partial charge in [0.15, 0.2) is 11.5 Å². The minimum atomic E-state index is 0.620. The molecule has 4 nitrogen and oxygen atoms in total. The van der Waals surface area contributed by atoms with Crippen LogP contribution in [0.25, 0.3) is 0 Å². The van der Waals surface area contributed by atoms with Gasteiger partial charge >= 0.3 is 0 Å². The molecule has 0 unspecified atom stereocenters. The topological polar surface area (TPSA) is 53.7 Å². The van der Waals surface area contributed by atoms with Crippen molar-refractivity contribution >= 4 is 17.4 Å². The predicted octanol–water partition coefficient (Wildman–Crippen LogP) is 3.45. The molecule has 2 aromatic rings. The van der Waals surface area contributed by atoms with E-state index < -0.39 is 0 Å². The molecule has 0 bridgehead atoms. The van der Waals surface area contributed by atoms with Gasteiger partial charge < -0.3 is 19.9 Å². The van der Waals surface area contributed by atoms with E-state index in [9.17, 15) is 0 Å². The number of methoxy groups -OCH3 is 3. The molecule has 0 atom stereocenters. The Morgan fingerprint density at radius 2 is 1.40 bits per heavy atom. The Kier molecular flexibility index (Phi) is 4.63. The number of hydrogen-bond donors (Lipinski definition) is 1. The van der Waals surface area contributed by atoms with Gasteiger partial charge in [0.1, 0.15) is 5.75 Å². The van der Waals surface area contributed by atoms with E-state index in [2.05, 4.69) is 0 Å². The van der Waals surface area contributed by atoms with Crippen LogP contribution >= 0.6 is 11.8 Å². The number of nitrogen functional groups attached to an aromatic ring is 1. The monoisotopic (exact) mass is 291 g/mol. The minimum Gasteiger partial charge on any atom is -0.496 e. The number of para-hydroxylation sites is 1. The number of hydrogen-bond acceptors (Lipinski definition) is 5. The first-order valence-electron chi connectivity index (χ1n) is 6.02. The number of rotatable bonds is 5.